The lowest BCUT2D eigenvalue weighted by atomic mass is 9.87. The van der Waals surface area contributed by atoms with Gasteiger partial charge in [-0.25, -0.2) is 0 Å². The van der Waals surface area contributed by atoms with Gasteiger partial charge in [0.15, 0.2) is 0 Å². The predicted octanol–water partition coefficient (Wildman–Crippen LogP) is 2.93. The van der Waals surface area contributed by atoms with Crippen molar-refractivity contribution >= 4 is 10.9 Å². The number of aryl methyl sites for hydroxylation is 1. The zero-order chi connectivity index (χ0) is 18.1. The van der Waals surface area contributed by atoms with Gasteiger partial charge < -0.3 is 20.5 Å². The summed E-state index contributed by atoms with van der Waals surface area (Å²) in [6.07, 6.45) is 2.55. The number of aromatic amines is 1. The number of benzene rings is 2. The molecule has 1 aromatic heterocycles. The molecule has 0 radical (unpaired) electrons. The van der Waals surface area contributed by atoms with Gasteiger partial charge in [0.05, 0.1) is 11.6 Å². The Kier molecular flexibility index (Phi) is 4.49. The molecule has 2 aromatic carbocycles. The van der Waals surface area contributed by atoms with Crippen LogP contribution in [0.4, 0.5) is 0 Å². The number of nitrogens with one attached hydrogen (secondary N) is 2. The van der Waals surface area contributed by atoms with Crippen molar-refractivity contribution in [2.24, 2.45) is 0 Å². The lowest BCUT2D eigenvalue weighted by Gasteiger charge is -2.27. The number of pyridine rings is 1. The molecule has 0 saturated heterocycles. The minimum Gasteiger partial charge on any atom is -0.506 e. The third kappa shape index (κ3) is 3.11. The monoisotopic (exact) mass is 350 g/mol. The smallest absolute Gasteiger partial charge is 0.248 e. The van der Waals surface area contributed by atoms with Crippen LogP contribution >= 0.6 is 0 Å². The zero-order valence-corrected chi connectivity index (χ0v) is 14.4. The van der Waals surface area contributed by atoms with Crippen LogP contribution in [0.5, 0.6) is 5.75 Å². The van der Waals surface area contributed by atoms with Gasteiger partial charge in [-0.15, -0.1) is 0 Å². The fourth-order valence-corrected chi connectivity index (χ4v) is 3.88. The largest absolute Gasteiger partial charge is 0.506 e. The van der Waals surface area contributed by atoms with E-state index in [0.717, 1.165) is 19.3 Å². The van der Waals surface area contributed by atoms with Crippen LogP contribution in [0.1, 0.15) is 41.7 Å². The summed E-state index contributed by atoms with van der Waals surface area (Å²) in [5.74, 6) is 0.00261. The van der Waals surface area contributed by atoms with E-state index in [4.69, 9.17) is 0 Å². The first-order chi connectivity index (χ1) is 12.6. The number of aliphatic hydroxyl groups excluding tert-OH is 1. The van der Waals surface area contributed by atoms with Gasteiger partial charge in [-0.1, -0.05) is 30.3 Å². The number of hydrogen-bond acceptors (Lipinski definition) is 4. The highest BCUT2D eigenvalue weighted by atomic mass is 16.3. The quantitative estimate of drug-likeness (QED) is 0.583. The third-order valence-electron chi connectivity index (χ3n) is 5.19. The van der Waals surface area contributed by atoms with Gasteiger partial charge in [0.1, 0.15) is 5.75 Å². The first-order valence-corrected chi connectivity index (χ1v) is 8.97. The van der Waals surface area contributed by atoms with Crippen LogP contribution in [-0.4, -0.2) is 21.7 Å². The van der Waals surface area contributed by atoms with E-state index in [9.17, 15) is 15.0 Å². The lowest BCUT2D eigenvalue weighted by molar-refractivity contribution is 0.169. The fraction of sp³-hybridized carbons (Fsp3) is 0.286. The molecular weight excluding hydrogens is 328 g/mol. The van der Waals surface area contributed by atoms with Gasteiger partial charge in [-0.05, 0) is 48.1 Å². The maximum Gasteiger partial charge on any atom is 0.248 e. The van der Waals surface area contributed by atoms with Crippen molar-refractivity contribution in [1.29, 1.82) is 0 Å². The highest BCUT2D eigenvalue weighted by Crippen LogP contribution is 2.31. The van der Waals surface area contributed by atoms with Crippen LogP contribution in [-0.2, 0) is 6.42 Å². The maximum atomic E-state index is 11.5. The molecule has 4 N–H and O–H groups in total. The SMILES string of the molecule is O=c1ccc2c(C(O)CN[C@@H]3CCCc4ccccc43)ccc(O)c2[nH]1. The van der Waals surface area contributed by atoms with E-state index >= 15 is 0 Å². The minimum absolute atomic E-state index is 0.00261. The summed E-state index contributed by atoms with van der Waals surface area (Å²) in [5.41, 5.74) is 3.45. The zero-order valence-electron chi connectivity index (χ0n) is 14.4. The number of rotatable bonds is 4. The Hall–Kier alpha value is -2.63. The molecule has 4 rings (SSSR count). The summed E-state index contributed by atoms with van der Waals surface area (Å²) in [4.78, 5) is 14.2. The third-order valence-corrected chi connectivity index (χ3v) is 5.19. The van der Waals surface area contributed by atoms with Gasteiger partial charge in [0.25, 0.3) is 0 Å². The highest BCUT2D eigenvalue weighted by molar-refractivity contribution is 5.87. The summed E-state index contributed by atoms with van der Waals surface area (Å²) in [5, 5.41) is 24.8. The molecule has 1 heterocycles. The number of phenols is 1. The molecule has 3 aromatic rings. The van der Waals surface area contributed by atoms with Crippen LogP contribution in [0.15, 0.2) is 53.3 Å². The topological polar surface area (TPSA) is 85.3 Å². The number of aromatic nitrogens is 1. The number of hydrogen-bond donors (Lipinski definition) is 4. The van der Waals surface area contributed by atoms with Gasteiger partial charge >= 0.3 is 0 Å². The lowest BCUT2D eigenvalue weighted by Crippen LogP contribution is -2.29. The summed E-state index contributed by atoms with van der Waals surface area (Å²) >= 11 is 0. The molecule has 1 unspecified atom stereocenters. The molecule has 0 amide bonds. The standard InChI is InChI=1S/C21H22N2O3/c24-18-10-8-15(16-9-11-20(26)23-21(16)18)19(25)12-22-17-7-3-5-13-4-1-2-6-14(13)17/h1-2,4,6,8-11,17,19,22,24-25H,3,5,7,12H2,(H,23,26)/t17-,19?/m1/s1. The average Bonchev–Trinajstić information content (AvgIpc) is 2.66. The van der Waals surface area contributed by atoms with Crippen molar-refractivity contribution in [2.45, 2.75) is 31.4 Å². The van der Waals surface area contributed by atoms with E-state index in [0.29, 0.717) is 23.0 Å². The van der Waals surface area contributed by atoms with E-state index in [1.807, 2.05) is 0 Å². The Morgan fingerprint density at radius 3 is 2.88 bits per heavy atom. The van der Waals surface area contributed by atoms with E-state index in [1.54, 1.807) is 12.1 Å². The predicted molar refractivity (Wildman–Crippen MR) is 101 cm³/mol. The minimum atomic E-state index is -0.738. The van der Waals surface area contributed by atoms with Crippen LogP contribution in [0.2, 0.25) is 0 Å². The first-order valence-electron chi connectivity index (χ1n) is 8.97. The van der Waals surface area contributed by atoms with E-state index in [2.05, 4.69) is 34.6 Å². The Bertz CT molecular complexity index is 996. The highest BCUT2D eigenvalue weighted by Gasteiger charge is 2.21. The fourth-order valence-electron chi connectivity index (χ4n) is 3.88. The van der Waals surface area contributed by atoms with Crippen molar-refractivity contribution in [1.82, 2.24) is 10.3 Å². The molecule has 2 atom stereocenters. The molecule has 0 saturated carbocycles. The molecule has 1 aliphatic carbocycles. The normalized spacial score (nSPS) is 17.8. The van der Waals surface area contributed by atoms with Crippen LogP contribution in [0.3, 0.4) is 0 Å². The second-order valence-electron chi connectivity index (χ2n) is 6.85. The van der Waals surface area contributed by atoms with Crippen molar-refractivity contribution in [2.75, 3.05) is 6.54 Å². The van der Waals surface area contributed by atoms with E-state index < -0.39 is 6.10 Å². The summed E-state index contributed by atoms with van der Waals surface area (Å²) in [6, 6.07) is 14.9. The molecule has 5 nitrogen and oxygen atoms in total. The average molecular weight is 350 g/mol. The second-order valence-corrected chi connectivity index (χ2v) is 6.85. The molecule has 0 fully saturated rings. The van der Waals surface area contributed by atoms with Gasteiger partial charge in [-0.3, -0.25) is 4.79 Å². The van der Waals surface area contributed by atoms with Crippen LogP contribution in [0.25, 0.3) is 10.9 Å². The Balaban J connectivity index is 1.57. The number of fused-ring (bicyclic) bond motifs is 2. The summed E-state index contributed by atoms with van der Waals surface area (Å²) < 4.78 is 0. The Morgan fingerprint density at radius 1 is 1.15 bits per heavy atom. The summed E-state index contributed by atoms with van der Waals surface area (Å²) in [7, 11) is 0. The van der Waals surface area contributed by atoms with Crippen molar-refractivity contribution in [3.05, 3.63) is 75.6 Å². The number of H-pyrrole nitrogens is 1. The van der Waals surface area contributed by atoms with E-state index in [1.165, 1.54) is 23.3 Å². The molecule has 0 aliphatic heterocycles. The molecule has 5 heteroatoms. The van der Waals surface area contributed by atoms with Crippen molar-refractivity contribution in [3.63, 3.8) is 0 Å². The van der Waals surface area contributed by atoms with E-state index in [-0.39, 0.29) is 17.4 Å². The first kappa shape index (κ1) is 16.8. The van der Waals surface area contributed by atoms with Crippen LogP contribution in [0, 0.1) is 0 Å². The molecule has 0 spiro atoms. The van der Waals surface area contributed by atoms with Crippen LogP contribution < -0.4 is 10.9 Å². The molecule has 1 aliphatic rings. The van der Waals surface area contributed by atoms with Crippen molar-refractivity contribution in [3.8, 4) is 5.75 Å². The molecule has 26 heavy (non-hydrogen) atoms. The number of aromatic hydroxyl groups is 1. The Labute approximate surface area is 151 Å². The molecule has 134 valence electrons. The number of aliphatic hydroxyl groups is 1. The summed E-state index contributed by atoms with van der Waals surface area (Å²) in [6.45, 7) is 0.401. The van der Waals surface area contributed by atoms with Gasteiger partial charge in [-0.2, -0.15) is 0 Å². The molecular formula is C21H22N2O3. The van der Waals surface area contributed by atoms with Gasteiger partial charge in [0.2, 0.25) is 5.56 Å². The maximum absolute atomic E-state index is 11.5. The molecule has 0 bridgehead atoms. The van der Waals surface area contributed by atoms with Crippen molar-refractivity contribution < 1.29 is 10.2 Å². The number of phenolic OH excluding ortho intramolecular Hbond substituents is 1. The Morgan fingerprint density at radius 2 is 2.00 bits per heavy atom. The van der Waals surface area contributed by atoms with Gasteiger partial charge in [0, 0.05) is 24.0 Å². The second kappa shape index (κ2) is 6.94.